The first-order valence-electron chi connectivity index (χ1n) is 13.2. The third kappa shape index (κ3) is 7.08. The molecule has 0 fully saturated rings. The number of allylic oxidation sites excluding steroid dienone is 6. The van der Waals surface area contributed by atoms with Crippen LogP contribution in [-0.2, 0) is 24.9 Å². The minimum atomic E-state index is -4.01. The largest absolute Gasteiger partial charge is 0.286 e. The second-order valence-electron chi connectivity index (χ2n) is 10.5. The van der Waals surface area contributed by atoms with Crippen LogP contribution in [0.5, 0.6) is 0 Å². The highest BCUT2D eigenvalue weighted by atomic mass is 32.2. The predicted octanol–water partition coefficient (Wildman–Crippen LogP) is 6.28. The Bertz CT molecular complexity index is 1310. The van der Waals surface area contributed by atoms with E-state index in [-0.39, 0.29) is 16.6 Å². The van der Waals surface area contributed by atoms with Gasteiger partial charge in [0.1, 0.15) is 6.54 Å². The Hall–Kier alpha value is -2.28. The molecule has 0 spiro atoms. The van der Waals surface area contributed by atoms with Gasteiger partial charge in [-0.1, -0.05) is 36.6 Å². The molecule has 214 valence electrons. The molecule has 2 aliphatic rings. The number of benzene rings is 1. The molecular formula is C28H40N3O6S2+. The van der Waals surface area contributed by atoms with E-state index in [0.717, 1.165) is 59.0 Å². The molecule has 0 aromatic heterocycles. The van der Waals surface area contributed by atoms with E-state index in [1.807, 2.05) is 36.2 Å². The molecule has 2 N–H and O–H groups in total. The Morgan fingerprint density at radius 3 is 2.56 bits per heavy atom. The van der Waals surface area contributed by atoms with Crippen molar-refractivity contribution in [3.63, 3.8) is 0 Å². The Kier molecular flexibility index (Phi) is 10.4. The van der Waals surface area contributed by atoms with E-state index in [0.29, 0.717) is 13.0 Å². The lowest BCUT2D eigenvalue weighted by atomic mass is 9.78. The third-order valence-corrected chi connectivity index (χ3v) is 8.89. The van der Waals surface area contributed by atoms with E-state index >= 15 is 0 Å². The van der Waals surface area contributed by atoms with Crippen molar-refractivity contribution in [2.24, 2.45) is 10.5 Å². The molecule has 1 atom stereocenters. The van der Waals surface area contributed by atoms with Gasteiger partial charge in [0.05, 0.1) is 23.2 Å². The molecule has 39 heavy (non-hydrogen) atoms. The molecule has 1 aromatic carbocycles. The average Bonchev–Trinajstić information content (AvgIpc) is 3.22. The minimum Gasteiger partial charge on any atom is -0.286 e. The SMILES string of the molecule is CCCC1(C)C(C)=NN(CCCS(=O)(=O)O)\C1=C/C=C/C=C/C1=[N+](CC)c2ccc(SOOO)cc2C1(C)C. The summed E-state index contributed by atoms with van der Waals surface area (Å²) in [7, 11) is -4.01. The fourth-order valence-electron chi connectivity index (χ4n) is 5.42. The molecule has 2 aliphatic heterocycles. The maximum atomic E-state index is 11.2. The number of hydrazone groups is 1. The van der Waals surface area contributed by atoms with Gasteiger partial charge in [-0.25, -0.2) is 5.26 Å². The first-order valence-corrected chi connectivity index (χ1v) is 15.5. The maximum Gasteiger partial charge on any atom is 0.264 e. The Morgan fingerprint density at radius 2 is 1.92 bits per heavy atom. The summed E-state index contributed by atoms with van der Waals surface area (Å²) < 4.78 is 38.4. The summed E-state index contributed by atoms with van der Waals surface area (Å²) in [5.41, 5.74) is 5.01. The van der Waals surface area contributed by atoms with Gasteiger partial charge in [0.2, 0.25) is 5.69 Å². The summed E-state index contributed by atoms with van der Waals surface area (Å²) in [4.78, 5) is 0.828. The fourth-order valence-corrected chi connectivity index (χ4v) is 6.31. The lowest BCUT2D eigenvalue weighted by molar-refractivity contribution is -0.433. The van der Waals surface area contributed by atoms with Crippen LogP contribution in [0.3, 0.4) is 0 Å². The summed E-state index contributed by atoms with van der Waals surface area (Å²) in [5, 5.41) is 18.8. The van der Waals surface area contributed by atoms with Crippen LogP contribution in [-0.4, -0.2) is 58.1 Å². The highest BCUT2D eigenvalue weighted by Gasteiger charge is 2.44. The minimum absolute atomic E-state index is 0.232. The van der Waals surface area contributed by atoms with Crippen molar-refractivity contribution < 1.29 is 32.2 Å². The van der Waals surface area contributed by atoms with Gasteiger partial charge in [-0.3, -0.25) is 9.56 Å². The smallest absolute Gasteiger partial charge is 0.264 e. The summed E-state index contributed by atoms with van der Waals surface area (Å²) in [6, 6.07) is 6.04. The summed E-state index contributed by atoms with van der Waals surface area (Å²) in [6.07, 6.45) is 12.4. The first-order chi connectivity index (χ1) is 18.4. The monoisotopic (exact) mass is 578 g/mol. The van der Waals surface area contributed by atoms with Crippen molar-refractivity contribution in [3.8, 4) is 0 Å². The molecule has 0 radical (unpaired) electrons. The Morgan fingerprint density at radius 1 is 1.18 bits per heavy atom. The normalized spacial score (nSPS) is 22.1. The van der Waals surface area contributed by atoms with E-state index in [9.17, 15) is 8.42 Å². The number of fused-ring (bicyclic) bond motifs is 1. The lowest BCUT2D eigenvalue weighted by Crippen LogP contribution is -2.28. The second kappa shape index (κ2) is 12.9. The lowest BCUT2D eigenvalue weighted by Gasteiger charge is -2.28. The molecule has 1 aromatic rings. The van der Waals surface area contributed by atoms with Gasteiger partial charge in [-0.05, 0) is 65.7 Å². The quantitative estimate of drug-likeness (QED) is 0.0702. The molecule has 0 bridgehead atoms. The number of hydrogen-bond acceptors (Lipinski definition) is 8. The average molecular weight is 579 g/mol. The zero-order valence-electron chi connectivity index (χ0n) is 23.5. The molecule has 2 heterocycles. The second-order valence-corrected chi connectivity index (χ2v) is 12.8. The summed E-state index contributed by atoms with van der Waals surface area (Å²) >= 11 is 0.952. The van der Waals surface area contributed by atoms with E-state index in [1.54, 1.807) is 0 Å². The topological polar surface area (TPSA) is 112 Å². The molecule has 0 aliphatic carbocycles. The highest BCUT2D eigenvalue weighted by molar-refractivity contribution is 7.94. The van der Waals surface area contributed by atoms with Crippen LogP contribution in [0.1, 0.15) is 66.4 Å². The standard InChI is InChI=1S/C28H39N3O6S2/c1-7-17-28(6)21(3)29-31(18-12-19-39(33,34)35)26(28)14-11-9-10-13-25-27(4,5)23-20-22(38-37-36-32)15-16-24(23)30(25)8-2/h9-11,13-16,20H,7-8,12,17-19H2,1-6H3,(H-,32,33,34,35)/p+1. The number of nitrogens with zero attached hydrogens (tertiary/aromatic N) is 3. The van der Waals surface area contributed by atoms with Gasteiger partial charge in [0, 0.05) is 46.0 Å². The van der Waals surface area contributed by atoms with Crippen LogP contribution in [0, 0.1) is 5.41 Å². The number of hydrogen-bond donors (Lipinski definition) is 2. The van der Waals surface area contributed by atoms with Crippen LogP contribution in [0.2, 0.25) is 0 Å². The van der Waals surface area contributed by atoms with Crippen LogP contribution >= 0.6 is 12.0 Å². The molecule has 0 amide bonds. The zero-order chi connectivity index (χ0) is 28.8. The first kappa shape index (κ1) is 31.3. The molecular weight excluding hydrogens is 538 g/mol. The Labute approximate surface area is 236 Å². The molecule has 11 heteroatoms. The molecule has 0 saturated carbocycles. The van der Waals surface area contributed by atoms with E-state index in [2.05, 4.69) is 72.9 Å². The zero-order valence-corrected chi connectivity index (χ0v) is 25.2. The van der Waals surface area contributed by atoms with Gasteiger partial charge in [-0.2, -0.15) is 18.1 Å². The van der Waals surface area contributed by atoms with Crippen molar-refractivity contribution >= 4 is 39.3 Å². The van der Waals surface area contributed by atoms with E-state index < -0.39 is 10.1 Å². The summed E-state index contributed by atoms with van der Waals surface area (Å²) in [6.45, 7) is 14.0. The van der Waals surface area contributed by atoms with Gasteiger partial charge in [0.25, 0.3) is 10.1 Å². The Balaban J connectivity index is 1.83. The highest BCUT2D eigenvalue weighted by Crippen LogP contribution is 2.43. The molecule has 9 nitrogen and oxygen atoms in total. The van der Waals surface area contributed by atoms with Crippen LogP contribution in [0.4, 0.5) is 5.69 Å². The van der Waals surface area contributed by atoms with Crippen molar-refractivity contribution in [1.82, 2.24) is 5.01 Å². The van der Waals surface area contributed by atoms with Crippen LogP contribution < -0.4 is 0 Å². The third-order valence-electron chi connectivity index (χ3n) is 7.51. The van der Waals surface area contributed by atoms with Crippen molar-refractivity contribution in [2.75, 3.05) is 18.8 Å². The van der Waals surface area contributed by atoms with Gasteiger partial charge >= 0.3 is 0 Å². The predicted molar refractivity (Wildman–Crippen MR) is 156 cm³/mol. The maximum absolute atomic E-state index is 11.2. The fraction of sp³-hybridized carbons (Fsp3) is 0.500. The van der Waals surface area contributed by atoms with Crippen LogP contribution in [0.25, 0.3) is 0 Å². The molecule has 0 saturated heterocycles. The van der Waals surface area contributed by atoms with Gasteiger partial charge in [-0.15, -0.1) is 4.33 Å². The van der Waals surface area contributed by atoms with Gasteiger partial charge < -0.3 is 0 Å². The van der Waals surface area contributed by atoms with Gasteiger partial charge in [0.15, 0.2) is 5.71 Å². The van der Waals surface area contributed by atoms with E-state index in [4.69, 9.17) is 14.9 Å². The van der Waals surface area contributed by atoms with E-state index in [1.165, 1.54) is 5.71 Å². The summed E-state index contributed by atoms with van der Waals surface area (Å²) in [5.74, 6) is -0.290. The van der Waals surface area contributed by atoms with Crippen molar-refractivity contribution in [2.45, 2.75) is 71.1 Å². The molecule has 3 rings (SSSR count). The van der Waals surface area contributed by atoms with Crippen molar-refractivity contribution in [1.29, 1.82) is 0 Å². The van der Waals surface area contributed by atoms with Crippen LogP contribution in [0.15, 0.2) is 64.3 Å². The van der Waals surface area contributed by atoms with Crippen molar-refractivity contribution in [3.05, 3.63) is 59.8 Å². The molecule has 1 unspecified atom stereocenters. The number of rotatable bonds is 13.